The fourth-order valence-electron chi connectivity index (χ4n) is 0. The zero-order valence-electron chi connectivity index (χ0n) is 6.31. The second-order valence-electron chi connectivity index (χ2n) is 0. The monoisotopic (exact) mass is 72.1 g/mol. The molecule has 0 radical (unpaired) electrons. The highest BCUT2D eigenvalue weighted by atomic mass is 14.0. The molecule has 0 saturated carbocycles. The zero-order chi connectivity index (χ0) is 8.00. The first-order chi connectivity index (χ1) is 4.00. The van der Waals surface area contributed by atoms with Crippen LogP contribution in [0.25, 0.3) is 0 Å². The molecule has 4 nitrogen and oxygen atoms in total. The van der Waals surface area contributed by atoms with Gasteiger partial charge in [-0.2, -0.15) is 0 Å². The van der Waals surface area contributed by atoms with Crippen LogP contribution in [0, 0.1) is 0 Å². The fraction of sp³-hybridized carbons (Fsp3) is 0. The molecule has 0 aliphatic heterocycles. The molecule has 0 aromatic heterocycles. The molecule has 0 fully saturated rings. The predicted octanol–water partition coefficient (Wildman–Crippen LogP) is 0.648. The highest BCUT2D eigenvalue weighted by Gasteiger charge is -0.341. The molecule has 4 heteroatoms. The van der Waals surface area contributed by atoms with E-state index in [1.54, 1.807) is 0 Å². The summed E-state index contributed by atoms with van der Waals surface area (Å²) in [5.41, 5.74) is 0. The lowest BCUT2D eigenvalue weighted by molar-refractivity contribution is 2.13. The second-order valence-corrected chi connectivity index (χ2v) is 0. The molecule has 0 aromatic carbocycles. The Labute approximate surface area is 31.8 Å². The van der Waals surface area contributed by atoms with E-state index in [0.29, 0.717) is 0 Å². The van der Waals surface area contributed by atoms with Crippen LogP contribution in [0.15, 0.2) is 0 Å². The molecule has 0 aliphatic rings. The van der Waals surface area contributed by atoms with Crippen LogP contribution in [0.3, 0.4) is 0 Å². The van der Waals surface area contributed by atoms with Gasteiger partial charge < -0.3 is 24.6 Å². The average molecular weight is 72.1 g/mol. The van der Waals surface area contributed by atoms with Crippen molar-refractivity contribution in [1.29, 1.82) is 0 Å². The Morgan fingerprint density at radius 3 is 0.750 bits per heavy atom. The van der Waals surface area contributed by atoms with Gasteiger partial charge in [-0.15, -0.1) is 0 Å². The van der Waals surface area contributed by atoms with Crippen molar-refractivity contribution in [2.45, 2.75) is 0 Å². The normalized spacial score (nSPS) is 7.00. The summed E-state index contributed by atoms with van der Waals surface area (Å²) in [6, 6.07) is 0. The number of rotatable bonds is 0. The van der Waals surface area contributed by atoms with Crippen LogP contribution in [-0.4, -0.2) is 0 Å². The molecule has 0 heterocycles. The van der Waals surface area contributed by atoms with E-state index < -0.39 is 0 Å². The van der Waals surface area contributed by atoms with Gasteiger partial charge in [-0.05, 0) is 0 Å². The molecular weight excluding hydrogens is 56.0 g/mol. The van der Waals surface area contributed by atoms with Gasteiger partial charge >= 0.3 is 0 Å². The van der Waals surface area contributed by atoms with E-state index in [-0.39, 0.29) is 0 Å². The molecule has 0 aliphatic carbocycles. The van der Waals surface area contributed by atoms with E-state index in [1.807, 2.05) is 0 Å². The lowest BCUT2D eigenvalue weighted by atomic mass is 14.0. The Kier molecular flexibility index (Phi) is 197. The highest BCUT2D eigenvalue weighted by molar-refractivity contribution is 2.14. The molecule has 0 saturated heterocycles. The van der Waals surface area contributed by atoms with Crippen LogP contribution in [0.2, 0.25) is 5.65 Å². The second kappa shape index (κ2) is 376. The van der Waals surface area contributed by atoms with E-state index in [0.717, 1.165) is 0 Å². The molecule has 0 bridgehead atoms. The van der Waals surface area contributed by atoms with E-state index in [2.05, 4.69) is 24.6 Å². The topological polar surface area (TPSA) is 140 Å². The maximum absolute atomic E-state index is 5.25. The molecule has 0 rings (SSSR count). The third-order valence-electron chi connectivity index (χ3n) is 0. The molecule has 0 amide bonds. The molecule has 32 valence electrons. The molecule has 0 unspecified atom stereocenters. The minimum atomic E-state index is 3.75. The minimum absolute atomic E-state index is 3.75. The molecule has 12 N–H and O–H groups in total. The van der Waals surface area contributed by atoms with Gasteiger partial charge in [0.1, 0.15) is 5.65 Å². The van der Waals surface area contributed by atoms with Crippen LogP contribution < -0.4 is 24.6 Å². The summed E-state index contributed by atoms with van der Waals surface area (Å²) >= 11 is 0. The van der Waals surface area contributed by atoms with Crippen molar-refractivity contribution in [1.82, 2.24) is 24.6 Å². The summed E-state index contributed by atoms with van der Waals surface area (Å²) in [4.78, 5) is 0. The molecular formula is H12N4. The van der Waals surface area contributed by atoms with Gasteiger partial charge in [0.2, 0.25) is 0 Å². The Balaban J connectivity index is -0.0000000133. The Morgan fingerprint density at radius 1 is 0.750 bits per heavy atom. The van der Waals surface area contributed by atoms with Gasteiger partial charge in [0.05, 0.1) is 0 Å². The van der Waals surface area contributed by atoms with E-state index >= 15 is 0 Å². The first-order valence-corrected chi connectivity index (χ1v) is 0. The van der Waals surface area contributed by atoms with Gasteiger partial charge in [0, 0.05) is 0 Å². The average Bonchev–Trinajstić information content (AvgIpc) is 2.03. The van der Waals surface area contributed by atoms with Gasteiger partial charge in [-0.25, -0.2) is 0 Å². The van der Waals surface area contributed by atoms with E-state index in [4.69, 9.17) is 5.65 Å². The van der Waals surface area contributed by atoms with E-state index in [1.165, 1.54) is 0 Å². The van der Waals surface area contributed by atoms with Crippen molar-refractivity contribution in [2.75, 3.05) is 0 Å². The minimum Gasteiger partial charge on any atom is -0.344 e. The largest absolute Gasteiger partial charge is 0.344 e. The summed E-state index contributed by atoms with van der Waals surface area (Å²) in [5, 5.41) is 0. The molecule has 0 aromatic rings. The lowest BCUT2D eigenvalue weighted by Crippen LogP contribution is -0.482. The van der Waals surface area contributed by atoms with Crippen LogP contribution in [0.5, 0.6) is 0 Å². The van der Waals surface area contributed by atoms with Crippen LogP contribution in [-0.2, 0) is 0 Å². The third kappa shape index (κ3) is 50.7. The van der Waals surface area contributed by atoms with Crippen LogP contribution in [0.1, 0.15) is 0 Å². The Morgan fingerprint density at radius 2 is 0.750 bits per heavy atom. The summed E-state index contributed by atoms with van der Waals surface area (Å²) in [6.07, 6.45) is 15.0. The van der Waals surface area contributed by atoms with E-state index in [9.17, 15) is 0 Å². The predicted molar refractivity (Wildman–Crippen MR) is 20.1 cm³/mol. The van der Waals surface area contributed by atoms with Gasteiger partial charge in [-0.3, -0.25) is 0 Å². The Bertz CT molecular complexity index is 8.00. The third-order valence-corrected chi connectivity index (χ3v) is 0. The Hall–Kier alpha value is -0.160. The standard InChI is InChI=1S/4H3N/h4*1H3/i/hD4. The molecule has 0 atom stereocenters. The summed E-state index contributed by atoms with van der Waals surface area (Å²) in [5.74, 6) is 0. The maximum atomic E-state index is 5.25. The van der Waals surface area contributed by atoms with Crippen molar-refractivity contribution < 1.29 is 5.65 Å². The number of hydrogen-bond donors (Lipinski definition) is 4. The fourth-order valence-corrected chi connectivity index (χ4v) is 0. The highest BCUT2D eigenvalue weighted by Crippen LogP contribution is -0.478. The molecule has 0 spiro atoms. The summed E-state index contributed by atoms with van der Waals surface area (Å²) in [6.45, 7) is 0. The van der Waals surface area contributed by atoms with Crippen molar-refractivity contribution >= 4 is 0 Å². The van der Waals surface area contributed by atoms with Gasteiger partial charge in [-0.1, -0.05) is 0 Å². The van der Waals surface area contributed by atoms with Crippen molar-refractivity contribution in [3.63, 3.8) is 0 Å². The summed E-state index contributed by atoms with van der Waals surface area (Å²) < 4.78 is 21.0. The SMILES string of the molecule is [2H]N.[2H]N.[2H]N.[2H]N. The first-order valence-electron chi connectivity index (χ1n) is 2.31. The number of hydrogen-bond acceptors (Lipinski definition) is 4. The van der Waals surface area contributed by atoms with Gasteiger partial charge in [0.15, 0.2) is 0 Å². The lowest BCUT2D eigenvalue weighted by Gasteiger charge is -0.345. The van der Waals surface area contributed by atoms with Crippen LogP contribution in [0.4, 0.5) is 0 Å². The van der Waals surface area contributed by atoms with Gasteiger partial charge in [0.25, 0.3) is 0 Å². The smallest absolute Gasteiger partial charge is 0.115 e. The summed E-state index contributed by atoms with van der Waals surface area (Å²) in [7, 11) is 0. The van der Waals surface area contributed by atoms with Crippen LogP contribution >= 0.6 is 0 Å². The van der Waals surface area contributed by atoms with Crippen molar-refractivity contribution in [2.24, 2.45) is 0 Å². The first kappa shape index (κ1) is 2.10. The zero-order valence-corrected chi connectivity index (χ0v) is 2.31. The quantitative estimate of drug-likeness (QED) is 0.333. The molecule has 4 heavy (non-hydrogen) atoms. The van der Waals surface area contributed by atoms with Crippen molar-refractivity contribution in [3.8, 4) is 0 Å². The van der Waals surface area contributed by atoms with Crippen molar-refractivity contribution in [3.05, 3.63) is 0 Å². The maximum Gasteiger partial charge on any atom is 0.115 e.